The monoisotopic (exact) mass is 454 g/mol. The number of anilines is 1. The first-order chi connectivity index (χ1) is 15.4. The van der Waals surface area contributed by atoms with E-state index in [9.17, 15) is 4.79 Å². The molecule has 1 unspecified atom stereocenters. The second kappa shape index (κ2) is 11.0. The first kappa shape index (κ1) is 23.7. The van der Waals surface area contributed by atoms with Gasteiger partial charge in [-0.1, -0.05) is 55.9 Å². The van der Waals surface area contributed by atoms with Crippen LogP contribution in [0.15, 0.2) is 53.7 Å². The summed E-state index contributed by atoms with van der Waals surface area (Å²) < 4.78 is 13.4. The second-order valence-electron chi connectivity index (χ2n) is 7.57. The minimum atomic E-state index is -0.333. The van der Waals surface area contributed by atoms with Crippen LogP contribution < -0.4 is 14.8 Å². The maximum atomic E-state index is 12.6. The minimum absolute atomic E-state index is 0.0753. The van der Waals surface area contributed by atoms with Gasteiger partial charge in [-0.2, -0.15) is 0 Å². The first-order valence-corrected chi connectivity index (χ1v) is 11.7. The summed E-state index contributed by atoms with van der Waals surface area (Å²) in [5, 5.41) is 12.3. The fourth-order valence-corrected chi connectivity index (χ4v) is 4.20. The van der Waals surface area contributed by atoms with Gasteiger partial charge in [-0.15, -0.1) is 10.2 Å². The molecule has 1 heterocycles. The summed E-state index contributed by atoms with van der Waals surface area (Å²) in [4.78, 5) is 12.6. The van der Waals surface area contributed by atoms with Gasteiger partial charge in [0.2, 0.25) is 5.91 Å². The van der Waals surface area contributed by atoms with Crippen LogP contribution in [0.2, 0.25) is 0 Å². The van der Waals surface area contributed by atoms with Crippen LogP contribution in [0.3, 0.4) is 0 Å². The molecule has 8 heteroatoms. The van der Waals surface area contributed by atoms with Crippen molar-refractivity contribution in [2.75, 3.05) is 18.2 Å². The molecule has 0 radical (unpaired) electrons. The van der Waals surface area contributed by atoms with Crippen molar-refractivity contribution in [3.8, 4) is 11.5 Å². The van der Waals surface area contributed by atoms with Crippen molar-refractivity contribution in [3.63, 3.8) is 0 Å². The molecule has 0 saturated carbocycles. The number of para-hydroxylation sites is 3. The molecule has 0 spiro atoms. The topological polar surface area (TPSA) is 78.3 Å². The van der Waals surface area contributed by atoms with Crippen LogP contribution in [0, 0.1) is 0 Å². The Bertz CT molecular complexity index is 1050. The predicted octanol–water partition coefficient (Wildman–Crippen LogP) is 5.30. The van der Waals surface area contributed by atoms with E-state index in [2.05, 4.69) is 29.4 Å². The van der Waals surface area contributed by atoms with Crippen molar-refractivity contribution in [2.24, 2.45) is 0 Å². The zero-order valence-electron chi connectivity index (χ0n) is 19.2. The van der Waals surface area contributed by atoms with E-state index in [-0.39, 0.29) is 17.8 Å². The number of carbonyl (C=O) groups is 1. The Hall–Kier alpha value is -3.00. The van der Waals surface area contributed by atoms with Gasteiger partial charge in [0.05, 0.1) is 12.9 Å². The Labute approximate surface area is 193 Å². The molecule has 1 N–H and O–H groups in total. The molecule has 1 aromatic heterocycles. The van der Waals surface area contributed by atoms with Crippen LogP contribution in [0.25, 0.3) is 0 Å². The van der Waals surface area contributed by atoms with Gasteiger partial charge in [0.25, 0.3) is 0 Å². The van der Waals surface area contributed by atoms with Gasteiger partial charge in [-0.3, -0.25) is 4.79 Å². The molecule has 3 rings (SSSR count). The molecular weight excluding hydrogens is 424 g/mol. The SMILES string of the molecule is CCn1c(SCC(=O)Nc2ccccc2C(C)C)nnc1C(C)Oc1ccccc1OC. The summed E-state index contributed by atoms with van der Waals surface area (Å²) >= 11 is 1.36. The van der Waals surface area contributed by atoms with Gasteiger partial charge in [0.1, 0.15) is 0 Å². The lowest BCUT2D eigenvalue weighted by Crippen LogP contribution is -2.16. The summed E-state index contributed by atoms with van der Waals surface area (Å²) in [7, 11) is 1.61. The third-order valence-electron chi connectivity index (χ3n) is 4.99. The van der Waals surface area contributed by atoms with Gasteiger partial charge in [-0.05, 0) is 43.5 Å². The molecule has 0 aliphatic rings. The van der Waals surface area contributed by atoms with Crippen LogP contribution in [0.4, 0.5) is 5.69 Å². The van der Waals surface area contributed by atoms with Crippen molar-refractivity contribution in [1.29, 1.82) is 0 Å². The number of nitrogens with one attached hydrogen (secondary N) is 1. The molecule has 0 aliphatic heterocycles. The zero-order chi connectivity index (χ0) is 23.1. The number of hydrogen-bond donors (Lipinski definition) is 1. The molecule has 1 atom stereocenters. The Morgan fingerprint density at radius 1 is 1.06 bits per heavy atom. The van der Waals surface area contributed by atoms with E-state index in [1.54, 1.807) is 7.11 Å². The number of nitrogens with zero attached hydrogens (tertiary/aromatic N) is 3. The second-order valence-corrected chi connectivity index (χ2v) is 8.52. The lowest BCUT2D eigenvalue weighted by molar-refractivity contribution is -0.113. The zero-order valence-corrected chi connectivity index (χ0v) is 20.0. The van der Waals surface area contributed by atoms with E-state index in [0.717, 1.165) is 11.3 Å². The summed E-state index contributed by atoms with van der Waals surface area (Å²) in [5.41, 5.74) is 1.97. The standard InChI is InChI=1S/C24H30N4O3S/c1-6-28-23(17(4)31-21-14-10-9-13-20(21)30-5)26-27-24(28)32-15-22(29)25-19-12-8-7-11-18(19)16(2)3/h7-14,16-17H,6,15H2,1-5H3,(H,25,29). The highest BCUT2D eigenvalue weighted by atomic mass is 32.2. The molecule has 0 fully saturated rings. The summed E-state index contributed by atoms with van der Waals surface area (Å²) in [5.74, 6) is 2.50. The quantitative estimate of drug-likeness (QED) is 0.419. The van der Waals surface area contributed by atoms with Crippen molar-refractivity contribution in [1.82, 2.24) is 14.8 Å². The maximum absolute atomic E-state index is 12.6. The third-order valence-corrected chi connectivity index (χ3v) is 5.95. The lowest BCUT2D eigenvalue weighted by Gasteiger charge is -2.17. The normalized spacial score (nSPS) is 11.9. The Kier molecular flexibility index (Phi) is 8.16. The van der Waals surface area contributed by atoms with E-state index in [1.165, 1.54) is 11.8 Å². The van der Waals surface area contributed by atoms with Crippen LogP contribution in [0.5, 0.6) is 11.5 Å². The summed E-state index contributed by atoms with van der Waals surface area (Å²) in [6.07, 6.45) is -0.333. The van der Waals surface area contributed by atoms with Gasteiger partial charge < -0.3 is 19.4 Å². The fraction of sp³-hybridized carbons (Fsp3) is 0.375. The number of carbonyl (C=O) groups excluding carboxylic acids is 1. The summed E-state index contributed by atoms with van der Waals surface area (Å²) in [6, 6.07) is 15.4. The Morgan fingerprint density at radius 3 is 2.44 bits per heavy atom. The van der Waals surface area contributed by atoms with Crippen LogP contribution >= 0.6 is 11.8 Å². The predicted molar refractivity (Wildman–Crippen MR) is 128 cm³/mol. The molecule has 7 nitrogen and oxygen atoms in total. The fourth-order valence-electron chi connectivity index (χ4n) is 3.39. The van der Waals surface area contributed by atoms with Crippen molar-refractivity contribution in [2.45, 2.75) is 51.4 Å². The molecule has 2 aromatic carbocycles. The van der Waals surface area contributed by atoms with Gasteiger partial charge in [-0.25, -0.2) is 0 Å². The number of thioether (sulfide) groups is 1. The minimum Gasteiger partial charge on any atom is -0.493 e. The molecule has 0 saturated heterocycles. The molecular formula is C24H30N4O3S. The summed E-state index contributed by atoms with van der Waals surface area (Å²) in [6.45, 7) is 8.83. The van der Waals surface area contributed by atoms with E-state index < -0.39 is 0 Å². The number of hydrogen-bond acceptors (Lipinski definition) is 6. The largest absolute Gasteiger partial charge is 0.493 e. The van der Waals surface area contributed by atoms with Crippen LogP contribution in [-0.2, 0) is 11.3 Å². The van der Waals surface area contributed by atoms with Crippen LogP contribution in [-0.4, -0.2) is 33.5 Å². The van der Waals surface area contributed by atoms with Crippen molar-refractivity contribution in [3.05, 3.63) is 59.9 Å². The van der Waals surface area contributed by atoms with E-state index in [4.69, 9.17) is 9.47 Å². The molecule has 170 valence electrons. The van der Waals surface area contributed by atoms with E-state index in [1.807, 2.05) is 66.9 Å². The van der Waals surface area contributed by atoms with E-state index >= 15 is 0 Å². The maximum Gasteiger partial charge on any atom is 0.234 e. The Balaban J connectivity index is 1.67. The number of ether oxygens (including phenoxy) is 2. The molecule has 3 aromatic rings. The third kappa shape index (κ3) is 5.62. The average Bonchev–Trinajstić information content (AvgIpc) is 3.21. The lowest BCUT2D eigenvalue weighted by atomic mass is 10.0. The van der Waals surface area contributed by atoms with Gasteiger partial charge in [0.15, 0.2) is 28.6 Å². The number of methoxy groups -OCH3 is 1. The number of aromatic nitrogens is 3. The highest BCUT2D eigenvalue weighted by Crippen LogP contribution is 2.31. The smallest absolute Gasteiger partial charge is 0.234 e. The number of rotatable bonds is 10. The highest BCUT2D eigenvalue weighted by Gasteiger charge is 2.20. The van der Waals surface area contributed by atoms with Crippen molar-refractivity contribution < 1.29 is 14.3 Å². The van der Waals surface area contributed by atoms with E-state index in [0.29, 0.717) is 34.9 Å². The average molecular weight is 455 g/mol. The first-order valence-electron chi connectivity index (χ1n) is 10.7. The molecule has 0 aliphatic carbocycles. The van der Waals surface area contributed by atoms with Crippen LogP contribution in [0.1, 0.15) is 51.1 Å². The van der Waals surface area contributed by atoms with Gasteiger partial charge >= 0.3 is 0 Å². The van der Waals surface area contributed by atoms with Gasteiger partial charge in [0, 0.05) is 12.2 Å². The Morgan fingerprint density at radius 2 is 1.75 bits per heavy atom. The number of amides is 1. The molecule has 0 bridgehead atoms. The van der Waals surface area contributed by atoms with Crippen molar-refractivity contribution >= 4 is 23.4 Å². The highest BCUT2D eigenvalue weighted by molar-refractivity contribution is 7.99. The number of benzene rings is 2. The molecule has 32 heavy (non-hydrogen) atoms. The molecule has 1 amide bonds.